The Morgan fingerprint density at radius 2 is 0.844 bits per heavy atom. The van der Waals surface area contributed by atoms with Gasteiger partial charge in [-0.2, -0.15) is 0 Å². The molecule has 0 saturated heterocycles. The molecule has 6 nitrogen and oxygen atoms in total. The maximum absolute atomic E-state index is 13.2. The van der Waals surface area contributed by atoms with E-state index in [-0.39, 0.29) is 24.9 Å². The van der Waals surface area contributed by atoms with Gasteiger partial charge in [-0.3, -0.25) is 9.59 Å². The minimum atomic E-state index is -0.803. The van der Waals surface area contributed by atoms with E-state index in [1.54, 1.807) is 0 Å². The topological polar surface area (TPSA) is 95.9 Å². The van der Waals surface area contributed by atoms with Crippen LogP contribution in [0.1, 0.15) is 258 Å². The molecule has 3 unspecified atom stereocenters. The monoisotopic (exact) mass is 894 g/mol. The summed E-state index contributed by atoms with van der Waals surface area (Å²) < 4.78 is 5.92. The Morgan fingerprint density at radius 3 is 1.33 bits per heavy atom. The van der Waals surface area contributed by atoms with E-state index < -0.39 is 18.2 Å². The van der Waals surface area contributed by atoms with Gasteiger partial charge in [-0.05, 0) is 96.3 Å². The fourth-order valence-electron chi connectivity index (χ4n) is 7.92. The largest absolute Gasteiger partial charge is 0.462 e. The van der Waals surface area contributed by atoms with Crippen LogP contribution in [0.2, 0.25) is 0 Å². The zero-order valence-corrected chi connectivity index (χ0v) is 42.1. The van der Waals surface area contributed by atoms with Gasteiger partial charge < -0.3 is 20.3 Å². The van der Waals surface area contributed by atoms with Gasteiger partial charge in [-0.25, -0.2) is 0 Å². The van der Waals surface area contributed by atoms with Gasteiger partial charge >= 0.3 is 5.97 Å². The molecule has 1 amide bonds. The van der Waals surface area contributed by atoms with Crippen molar-refractivity contribution < 1.29 is 24.5 Å². The first-order valence-corrected chi connectivity index (χ1v) is 27.2. The molecule has 0 aliphatic rings. The highest BCUT2D eigenvalue weighted by molar-refractivity contribution is 5.77. The van der Waals surface area contributed by atoms with Gasteiger partial charge in [0, 0.05) is 6.42 Å². The first-order chi connectivity index (χ1) is 31.5. The van der Waals surface area contributed by atoms with Crippen LogP contribution in [-0.2, 0) is 14.3 Å². The third-order valence-electron chi connectivity index (χ3n) is 12.0. The number of aliphatic hydroxyl groups is 2. The van der Waals surface area contributed by atoms with E-state index in [0.717, 1.165) is 96.3 Å². The molecule has 0 heterocycles. The van der Waals surface area contributed by atoms with Crippen LogP contribution in [0.3, 0.4) is 0 Å². The highest BCUT2D eigenvalue weighted by Gasteiger charge is 2.24. The van der Waals surface area contributed by atoms with E-state index in [1.807, 2.05) is 0 Å². The molecule has 3 atom stereocenters. The van der Waals surface area contributed by atoms with Crippen molar-refractivity contribution >= 4 is 11.9 Å². The van der Waals surface area contributed by atoms with Gasteiger partial charge in [0.25, 0.3) is 0 Å². The molecule has 6 heteroatoms. The number of rotatable bonds is 48. The van der Waals surface area contributed by atoms with E-state index in [9.17, 15) is 19.8 Å². The number of amides is 1. The van der Waals surface area contributed by atoms with E-state index in [4.69, 9.17) is 4.74 Å². The Morgan fingerprint density at radius 1 is 0.469 bits per heavy atom. The molecule has 3 N–H and O–H groups in total. The lowest BCUT2D eigenvalue weighted by Crippen LogP contribution is -2.46. The lowest BCUT2D eigenvalue weighted by Gasteiger charge is -2.24. The molecule has 0 aromatic heterocycles. The quantitative estimate of drug-likeness (QED) is 0.0321. The summed E-state index contributed by atoms with van der Waals surface area (Å²) >= 11 is 0. The van der Waals surface area contributed by atoms with Crippen molar-refractivity contribution in [2.45, 2.75) is 277 Å². The van der Waals surface area contributed by atoms with E-state index in [1.165, 1.54) is 116 Å². The Labute approximate surface area is 396 Å². The van der Waals surface area contributed by atoms with Crippen molar-refractivity contribution in [2.75, 3.05) is 6.61 Å². The molecule has 0 aromatic rings. The highest BCUT2D eigenvalue weighted by atomic mass is 16.5. The summed E-state index contributed by atoms with van der Waals surface area (Å²) in [5.41, 5.74) is 0. The maximum atomic E-state index is 13.2. The second kappa shape index (κ2) is 51.3. The molecule has 0 rings (SSSR count). The molecular formula is C58H103NO5. The smallest absolute Gasteiger partial charge is 0.306 e. The summed E-state index contributed by atoms with van der Waals surface area (Å²) in [4.78, 5) is 26.2. The summed E-state index contributed by atoms with van der Waals surface area (Å²) in [5, 5.41) is 23.8. The van der Waals surface area contributed by atoms with Crippen molar-refractivity contribution in [3.8, 4) is 0 Å². The van der Waals surface area contributed by atoms with E-state index >= 15 is 0 Å². The first-order valence-electron chi connectivity index (χ1n) is 27.2. The molecule has 0 aliphatic heterocycles. The van der Waals surface area contributed by atoms with Crippen molar-refractivity contribution in [3.63, 3.8) is 0 Å². The number of ether oxygens (including phenoxy) is 1. The lowest BCUT2D eigenvalue weighted by molar-refractivity contribution is -0.151. The number of carbonyl (C=O) groups excluding carboxylic acids is 2. The van der Waals surface area contributed by atoms with Crippen LogP contribution in [0, 0.1) is 0 Å². The van der Waals surface area contributed by atoms with Gasteiger partial charge in [0.1, 0.15) is 6.10 Å². The summed E-state index contributed by atoms with van der Waals surface area (Å²) in [6, 6.07) is -0.719. The number of allylic oxidation sites excluding steroid dienone is 12. The van der Waals surface area contributed by atoms with Crippen molar-refractivity contribution in [1.82, 2.24) is 5.32 Å². The van der Waals surface area contributed by atoms with Gasteiger partial charge in [-0.1, -0.05) is 222 Å². The zero-order valence-electron chi connectivity index (χ0n) is 42.1. The van der Waals surface area contributed by atoms with Crippen LogP contribution >= 0.6 is 0 Å². The molecule has 0 bridgehead atoms. The van der Waals surface area contributed by atoms with E-state index in [2.05, 4.69) is 99.0 Å². The lowest BCUT2D eigenvalue weighted by atomic mass is 10.0. The number of carbonyl (C=O) groups is 2. The van der Waals surface area contributed by atoms with Crippen molar-refractivity contribution in [1.29, 1.82) is 0 Å². The minimum absolute atomic E-state index is 0.0442. The highest BCUT2D eigenvalue weighted by Crippen LogP contribution is 2.17. The average Bonchev–Trinajstić information content (AvgIpc) is 3.29. The van der Waals surface area contributed by atoms with Crippen LogP contribution in [0.15, 0.2) is 72.9 Å². The van der Waals surface area contributed by atoms with Crippen molar-refractivity contribution in [2.24, 2.45) is 0 Å². The standard InChI is InChI=1S/C58H103NO5/c1-4-7-10-13-16-19-22-25-28-30-33-36-39-42-45-48-51-58(63)64-54(49-46-43-40-37-34-31-29-26-23-20-17-14-11-8-5-2)52-57(62)59-55(53-60)56(61)50-47-44-41-38-35-32-27-24-21-18-15-12-9-6-3/h7,10,16-17,19-20,25-26,28-29,34,37,54-56,60-61H,4-6,8-9,11-15,18,21-24,27,30-33,35-36,38-53H2,1-3H3,(H,59,62)/b10-7+,19-16+,20-17-,28-25+,29-26-,37-34-. The minimum Gasteiger partial charge on any atom is -0.462 e. The number of hydrogen-bond acceptors (Lipinski definition) is 5. The predicted molar refractivity (Wildman–Crippen MR) is 278 cm³/mol. The molecule has 0 aromatic carbocycles. The fraction of sp³-hybridized carbons (Fsp3) is 0.759. The SMILES string of the molecule is CC/C=C/C/C=C/C/C=C/CCCCCCCCC(=O)OC(CCCC/C=C\C/C=C\C/C=C\CCCCC)CC(=O)NC(CO)C(O)CCCCCCCCCCCCCCCC. The number of unbranched alkanes of at least 4 members (excludes halogenated alkanes) is 24. The Balaban J connectivity index is 4.66. The van der Waals surface area contributed by atoms with Crippen LogP contribution in [-0.4, -0.2) is 46.9 Å². The summed E-state index contributed by atoms with van der Waals surface area (Å²) in [7, 11) is 0. The van der Waals surface area contributed by atoms with Crippen LogP contribution in [0.25, 0.3) is 0 Å². The Bertz CT molecular complexity index is 1190. The summed E-state index contributed by atoms with van der Waals surface area (Å²) in [6.07, 6.45) is 65.3. The number of esters is 1. The molecule has 0 saturated carbocycles. The molecule has 64 heavy (non-hydrogen) atoms. The maximum Gasteiger partial charge on any atom is 0.306 e. The van der Waals surface area contributed by atoms with Crippen LogP contribution in [0.5, 0.6) is 0 Å². The third-order valence-corrected chi connectivity index (χ3v) is 12.0. The summed E-state index contributed by atoms with van der Waals surface area (Å²) in [5.74, 6) is -0.525. The zero-order chi connectivity index (χ0) is 46.7. The molecular weight excluding hydrogens is 791 g/mol. The normalized spacial score (nSPS) is 13.8. The number of hydrogen-bond donors (Lipinski definition) is 3. The number of aliphatic hydroxyl groups excluding tert-OH is 2. The molecule has 0 fully saturated rings. The van der Waals surface area contributed by atoms with Crippen LogP contribution < -0.4 is 5.32 Å². The van der Waals surface area contributed by atoms with Gasteiger partial charge in [0.15, 0.2) is 0 Å². The second-order valence-corrected chi connectivity index (χ2v) is 18.2. The second-order valence-electron chi connectivity index (χ2n) is 18.2. The Hall–Kier alpha value is -2.70. The predicted octanol–water partition coefficient (Wildman–Crippen LogP) is 16.6. The average molecular weight is 894 g/mol. The fourth-order valence-corrected chi connectivity index (χ4v) is 7.92. The van der Waals surface area contributed by atoms with E-state index in [0.29, 0.717) is 19.3 Å². The van der Waals surface area contributed by atoms with Gasteiger partial charge in [-0.15, -0.1) is 0 Å². The number of nitrogens with one attached hydrogen (secondary N) is 1. The van der Waals surface area contributed by atoms with Gasteiger partial charge in [0.05, 0.1) is 25.2 Å². The van der Waals surface area contributed by atoms with Crippen LogP contribution in [0.4, 0.5) is 0 Å². The Kier molecular flexibility index (Phi) is 49.1. The molecule has 0 radical (unpaired) electrons. The molecule has 0 spiro atoms. The summed E-state index contributed by atoms with van der Waals surface area (Å²) in [6.45, 7) is 6.34. The van der Waals surface area contributed by atoms with Crippen molar-refractivity contribution in [3.05, 3.63) is 72.9 Å². The van der Waals surface area contributed by atoms with Gasteiger partial charge in [0.2, 0.25) is 5.91 Å². The molecule has 370 valence electrons. The first kappa shape index (κ1) is 61.3. The molecule has 0 aliphatic carbocycles. The third kappa shape index (κ3) is 45.9.